The Morgan fingerprint density at radius 2 is 1.88 bits per heavy atom. The van der Waals surface area contributed by atoms with E-state index in [1.807, 2.05) is 0 Å². The molecule has 1 atom stereocenters. The quantitative estimate of drug-likeness (QED) is 0.303. The zero-order chi connectivity index (χ0) is 12.4. The van der Waals surface area contributed by atoms with Crippen molar-refractivity contribution in [2.24, 2.45) is 0 Å². The molecule has 1 aliphatic rings. The Balaban J connectivity index is 0.000000325. The van der Waals surface area contributed by atoms with Crippen molar-refractivity contribution in [2.45, 2.75) is 52.6 Å². The third kappa shape index (κ3) is 9.71. The molecule has 1 heterocycles. The van der Waals surface area contributed by atoms with Gasteiger partial charge in [0, 0.05) is 5.57 Å². The average molecular weight is 228 g/mol. The molecule has 0 saturated carbocycles. The highest BCUT2D eigenvalue weighted by atomic mass is 16.6. The molecule has 16 heavy (non-hydrogen) atoms. The summed E-state index contributed by atoms with van der Waals surface area (Å²) in [6.07, 6.45) is 5.68. The van der Waals surface area contributed by atoms with E-state index < -0.39 is 0 Å². The van der Waals surface area contributed by atoms with Crippen molar-refractivity contribution < 1.29 is 14.3 Å². The van der Waals surface area contributed by atoms with Crippen molar-refractivity contribution in [2.75, 3.05) is 13.2 Å². The van der Waals surface area contributed by atoms with Crippen LogP contribution in [0.2, 0.25) is 0 Å². The summed E-state index contributed by atoms with van der Waals surface area (Å²) in [5, 5.41) is 0. The Labute approximate surface area is 98.8 Å². The molecule has 3 heteroatoms. The summed E-state index contributed by atoms with van der Waals surface area (Å²) in [7, 11) is 0. The summed E-state index contributed by atoms with van der Waals surface area (Å²) in [6.45, 7) is 10.6. The van der Waals surface area contributed by atoms with Crippen LogP contribution >= 0.6 is 0 Å². The minimum absolute atomic E-state index is 0.142. The fraction of sp³-hybridized carbons (Fsp3) is 0.769. The highest BCUT2D eigenvalue weighted by molar-refractivity contribution is 5.86. The molecule has 1 unspecified atom stereocenters. The molecular weight excluding hydrogens is 204 g/mol. The molecule has 94 valence electrons. The summed E-state index contributed by atoms with van der Waals surface area (Å²) in [4.78, 5) is 10.7. The molecule has 0 aromatic heterocycles. The van der Waals surface area contributed by atoms with Gasteiger partial charge in [-0.25, -0.2) is 4.79 Å². The van der Waals surface area contributed by atoms with Crippen LogP contribution in [0.1, 0.15) is 46.5 Å². The highest BCUT2D eigenvalue weighted by Crippen LogP contribution is 2.09. The van der Waals surface area contributed by atoms with E-state index in [9.17, 15) is 4.79 Å². The molecule has 0 aliphatic carbocycles. The van der Waals surface area contributed by atoms with Crippen molar-refractivity contribution in [3.05, 3.63) is 12.2 Å². The number of epoxide rings is 1. The number of rotatable bonds is 6. The van der Waals surface area contributed by atoms with E-state index >= 15 is 0 Å². The molecule has 0 bridgehead atoms. The number of carbonyl (C=O) groups excluding carboxylic acids is 1. The molecule has 1 fully saturated rings. The van der Waals surface area contributed by atoms with Crippen LogP contribution in [0.4, 0.5) is 0 Å². The van der Waals surface area contributed by atoms with E-state index in [1.54, 1.807) is 6.92 Å². The second-order valence-electron chi connectivity index (χ2n) is 4.04. The van der Waals surface area contributed by atoms with Crippen LogP contribution < -0.4 is 0 Å². The van der Waals surface area contributed by atoms with Gasteiger partial charge < -0.3 is 9.47 Å². The van der Waals surface area contributed by atoms with Crippen molar-refractivity contribution in [1.29, 1.82) is 0 Å². The van der Waals surface area contributed by atoms with E-state index in [-0.39, 0.29) is 12.1 Å². The second-order valence-corrected chi connectivity index (χ2v) is 4.04. The summed E-state index contributed by atoms with van der Waals surface area (Å²) >= 11 is 0. The maximum atomic E-state index is 10.7. The third-order valence-electron chi connectivity index (χ3n) is 2.11. The molecule has 0 amide bonds. The Hall–Kier alpha value is -0.830. The van der Waals surface area contributed by atoms with Crippen LogP contribution in [0.5, 0.6) is 0 Å². The van der Waals surface area contributed by atoms with E-state index in [2.05, 4.69) is 20.4 Å². The number of carbonyl (C=O) groups is 1. The van der Waals surface area contributed by atoms with E-state index in [0.29, 0.717) is 18.8 Å². The van der Waals surface area contributed by atoms with E-state index in [0.717, 1.165) is 0 Å². The van der Waals surface area contributed by atoms with Gasteiger partial charge in [-0.3, -0.25) is 0 Å². The molecule has 0 aromatic carbocycles. The largest absolute Gasteiger partial charge is 0.459 e. The lowest BCUT2D eigenvalue weighted by atomic mass is 10.2. The smallest absolute Gasteiger partial charge is 0.333 e. The molecule has 1 rings (SSSR count). The number of esters is 1. The van der Waals surface area contributed by atoms with Crippen LogP contribution in [-0.2, 0) is 14.3 Å². The van der Waals surface area contributed by atoms with Gasteiger partial charge in [0.05, 0.1) is 6.61 Å². The SMILES string of the molecule is C=C(C)C(=O)OCC1CO1.CCCCCC. The average Bonchev–Trinajstić information content (AvgIpc) is 3.07. The van der Waals surface area contributed by atoms with Gasteiger partial charge in [0.1, 0.15) is 12.7 Å². The van der Waals surface area contributed by atoms with Gasteiger partial charge in [0.15, 0.2) is 0 Å². The molecule has 0 radical (unpaired) electrons. The van der Waals surface area contributed by atoms with Crippen LogP contribution in [0.15, 0.2) is 12.2 Å². The molecule has 0 aromatic rings. The maximum Gasteiger partial charge on any atom is 0.333 e. The monoisotopic (exact) mass is 228 g/mol. The van der Waals surface area contributed by atoms with Gasteiger partial charge in [0.25, 0.3) is 0 Å². The van der Waals surface area contributed by atoms with Crippen molar-refractivity contribution >= 4 is 5.97 Å². The first-order valence-electron chi connectivity index (χ1n) is 6.06. The van der Waals surface area contributed by atoms with Gasteiger partial charge in [-0.2, -0.15) is 0 Å². The van der Waals surface area contributed by atoms with Crippen LogP contribution in [-0.4, -0.2) is 25.3 Å². The van der Waals surface area contributed by atoms with E-state index in [1.165, 1.54) is 25.7 Å². The Morgan fingerprint density at radius 3 is 2.19 bits per heavy atom. The normalized spacial score (nSPS) is 17.1. The number of unbranched alkanes of at least 4 members (excludes halogenated alkanes) is 3. The predicted molar refractivity (Wildman–Crippen MR) is 65.3 cm³/mol. The Bertz CT molecular complexity index is 203. The maximum absolute atomic E-state index is 10.7. The van der Waals surface area contributed by atoms with Crippen LogP contribution in [0.25, 0.3) is 0 Å². The lowest BCUT2D eigenvalue weighted by Crippen LogP contribution is -2.09. The topological polar surface area (TPSA) is 38.8 Å². The zero-order valence-corrected chi connectivity index (χ0v) is 10.8. The Kier molecular flexibility index (Phi) is 8.91. The summed E-state index contributed by atoms with van der Waals surface area (Å²) < 4.78 is 9.60. The van der Waals surface area contributed by atoms with Crippen molar-refractivity contribution in [3.63, 3.8) is 0 Å². The predicted octanol–water partition coefficient (Wildman–Crippen LogP) is 3.09. The third-order valence-corrected chi connectivity index (χ3v) is 2.11. The van der Waals surface area contributed by atoms with Crippen molar-refractivity contribution in [1.82, 2.24) is 0 Å². The zero-order valence-electron chi connectivity index (χ0n) is 10.8. The van der Waals surface area contributed by atoms with Gasteiger partial charge in [-0.1, -0.05) is 46.1 Å². The van der Waals surface area contributed by atoms with Crippen LogP contribution in [0, 0.1) is 0 Å². The molecule has 0 spiro atoms. The molecule has 1 saturated heterocycles. The van der Waals surface area contributed by atoms with Crippen molar-refractivity contribution in [3.8, 4) is 0 Å². The first-order chi connectivity index (χ1) is 7.61. The van der Waals surface area contributed by atoms with Gasteiger partial charge in [-0.05, 0) is 6.92 Å². The second kappa shape index (κ2) is 9.40. The van der Waals surface area contributed by atoms with Gasteiger partial charge in [-0.15, -0.1) is 0 Å². The molecule has 0 N–H and O–H groups in total. The first-order valence-corrected chi connectivity index (χ1v) is 6.06. The van der Waals surface area contributed by atoms with Crippen LogP contribution in [0.3, 0.4) is 0 Å². The summed E-state index contributed by atoms with van der Waals surface area (Å²) in [6, 6.07) is 0. The molecule has 3 nitrogen and oxygen atoms in total. The number of hydrogen-bond donors (Lipinski definition) is 0. The Morgan fingerprint density at radius 1 is 1.38 bits per heavy atom. The number of ether oxygens (including phenoxy) is 2. The number of hydrogen-bond acceptors (Lipinski definition) is 3. The molecular formula is C13H24O3. The van der Waals surface area contributed by atoms with Gasteiger partial charge in [0.2, 0.25) is 0 Å². The standard InChI is InChI=1S/C7H10O3.C6H14/c1-5(2)7(8)10-4-6-3-9-6;1-3-5-6-4-2/h6H,1,3-4H2,2H3;3-6H2,1-2H3. The van der Waals surface area contributed by atoms with E-state index in [4.69, 9.17) is 9.47 Å². The molecule has 1 aliphatic heterocycles. The summed E-state index contributed by atoms with van der Waals surface area (Å²) in [5.74, 6) is -0.337. The highest BCUT2D eigenvalue weighted by Gasteiger charge is 2.24. The fourth-order valence-electron chi connectivity index (χ4n) is 0.956. The van der Waals surface area contributed by atoms with Gasteiger partial charge >= 0.3 is 5.97 Å². The lowest BCUT2D eigenvalue weighted by Gasteiger charge is -1.99. The fourth-order valence-corrected chi connectivity index (χ4v) is 0.956. The minimum atomic E-state index is -0.337. The summed E-state index contributed by atoms with van der Waals surface area (Å²) in [5.41, 5.74) is 0.431. The minimum Gasteiger partial charge on any atom is -0.459 e. The lowest BCUT2D eigenvalue weighted by molar-refractivity contribution is -0.139. The first kappa shape index (κ1) is 15.2.